The zero-order valence-electron chi connectivity index (χ0n) is 13.9. The molecule has 23 heavy (non-hydrogen) atoms. The zero-order chi connectivity index (χ0) is 16.1. The summed E-state index contributed by atoms with van der Waals surface area (Å²) in [6.45, 7) is 4.53. The van der Waals surface area contributed by atoms with E-state index in [0.717, 1.165) is 36.1 Å². The average molecular weight is 317 g/mol. The van der Waals surface area contributed by atoms with Gasteiger partial charge < -0.3 is 20.5 Å². The first-order valence-electron chi connectivity index (χ1n) is 8.67. The van der Waals surface area contributed by atoms with Crippen molar-refractivity contribution in [3.05, 3.63) is 18.2 Å². The summed E-state index contributed by atoms with van der Waals surface area (Å²) in [6.07, 6.45) is 6.07. The predicted molar refractivity (Wildman–Crippen MR) is 93.3 cm³/mol. The lowest BCUT2D eigenvalue weighted by atomic mass is 9.83. The molecule has 0 aromatic heterocycles. The highest BCUT2D eigenvalue weighted by Gasteiger charge is 2.17. The second-order valence-electron chi connectivity index (χ2n) is 6.69. The van der Waals surface area contributed by atoms with Gasteiger partial charge in [-0.1, -0.05) is 19.8 Å². The molecular formula is C18H27N3O2. The second-order valence-corrected chi connectivity index (χ2v) is 6.69. The molecule has 0 amide bonds. The van der Waals surface area contributed by atoms with E-state index in [4.69, 9.17) is 15.2 Å². The summed E-state index contributed by atoms with van der Waals surface area (Å²) in [7, 11) is 0. The summed E-state index contributed by atoms with van der Waals surface area (Å²) in [4.78, 5) is 4.51. The van der Waals surface area contributed by atoms with Crippen LogP contribution < -0.4 is 20.5 Å². The molecule has 2 aliphatic rings. The largest absolute Gasteiger partial charge is 0.490 e. The third-order valence-electron chi connectivity index (χ3n) is 4.68. The number of guanidine groups is 1. The molecule has 3 rings (SSSR count). The highest BCUT2D eigenvalue weighted by molar-refractivity contribution is 5.92. The van der Waals surface area contributed by atoms with E-state index in [1.807, 2.05) is 18.2 Å². The highest BCUT2D eigenvalue weighted by atomic mass is 16.5. The van der Waals surface area contributed by atoms with Gasteiger partial charge in [-0.05, 0) is 36.8 Å². The van der Waals surface area contributed by atoms with Crippen molar-refractivity contribution in [2.45, 2.75) is 39.0 Å². The number of hydrogen-bond acceptors (Lipinski definition) is 3. The number of nitrogens with zero attached hydrogens (tertiary/aromatic N) is 1. The monoisotopic (exact) mass is 317 g/mol. The number of ether oxygens (including phenoxy) is 2. The molecule has 0 bridgehead atoms. The van der Waals surface area contributed by atoms with Gasteiger partial charge in [-0.25, -0.2) is 0 Å². The molecule has 1 aromatic carbocycles. The van der Waals surface area contributed by atoms with E-state index in [0.29, 0.717) is 25.1 Å². The Kier molecular flexibility index (Phi) is 5.26. The van der Waals surface area contributed by atoms with Gasteiger partial charge in [0.1, 0.15) is 0 Å². The molecule has 1 saturated carbocycles. The molecule has 0 saturated heterocycles. The van der Waals surface area contributed by atoms with E-state index >= 15 is 0 Å². The van der Waals surface area contributed by atoms with E-state index in [9.17, 15) is 0 Å². The molecule has 1 fully saturated rings. The Balaban J connectivity index is 1.56. The molecule has 126 valence electrons. The fraction of sp³-hybridized carbons (Fsp3) is 0.611. The van der Waals surface area contributed by atoms with Crippen molar-refractivity contribution in [3.63, 3.8) is 0 Å². The molecule has 5 nitrogen and oxygen atoms in total. The lowest BCUT2D eigenvalue weighted by Gasteiger charge is -2.24. The lowest BCUT2D eigenvalue weighted by molar-refractivity contribution is 0.296. The number of fused-ring (bicyclic) bond motifs is 1. The van der Waals surface area contributed by atoms with Gasteiger partial charge in [0, 0.05) is 24.7 Å². The molecular weight excluding hydrogens is 290 g/mol. The Morgan fingerprint density at radius 3 is 2.70 bits per heavy atom. The molecule has 1 aliphatic carbocycles. The molecule has 0 spiro atoms. The minimum Gasteiger partial charge on any atom is -0.490 e. The highest BCUT2D eigenvalue weighted by Crippen LogP contribution is 2.32. The Morgan fingerprint density at radius 1 is 1.17 bits per heavy atom. The minimum atomic E-state index is 0.470. The van der Waals surface area contributed by atoms with Crippen molar-refractivity contribution in [3.8, 4) is 11.5 Å². The van der Waals surface area contributed by atoms with Gasteiger partial charge in [0.25, 0.3) is 0 Å². The van der Waals surface area contributed by atoms with Crippen molar-refractivity contribution in [1.29, 1.82) is 0 Å². The second kappa shape index (κ2) is 7.57. The molecule has 0 atom stereocenters. The van der Waals surface area contributed by atoms with Crippen molar-refractivity contribution < 1.29 is 9.47 Å². The maximum absolute atomic E-state index is 6.02. The van der Waals surface area contributed by atoms with E-state index < -0.39 is 0 Å². The topological polar surface area (TPSA) is 68.9 Å². The van der Waals surface area contributed by atoms with Crippen LogP contribution in [0.15, 0.2) is 23.2 Å². The average Bonchev–Trinajstić information content (AvgIpc) is 2.79. The van der Waals surface area contributed by atoms with Crippen LogP contribution in [0.4, 0.5) is 5.69 Å². The van der Waals surface area contributed by atoms with E-state index in [1.165, 1.54) is 25.7 Å². The lowest BCUT2D eigenvalue weighted by Crippen LogP contribution is -2.24. The fourth-order valence-corrected chi connectivity index (χ4v) is 3.17. The smallest absolute Gasteiger partial charge is 0.193 e. The number of aliphatic imine (C=N–C) groups is 1. The SMILES string of the molecule is CC1CCC(CN=C(N)Nc2ccc3c(c2)OCCCO3)CC1. The van der Waals surface area contributed by atoms with Crippen LogP contribution in [0.3, 0.4) is 0 Å². The zero-order valence-corrected chi connectivity index (χ0v) is 13.9. The molecule has 5 heteroatoms. The predicted octanol–water partition coefficient (Wildman–Crippen LogP) is 3.40. The standard InChI is InChI=1S/C18H27N3O2/c1-13-3-5-14(6-4-13)12-20-18(19)21-15-7-8-16-17(11-15)23-10-2-9-22-16/h7-8,11,13-14H,2-6,9-10,12H2,1H3,(H3,19,20,21). The summed E-state index contributed by atoms with van der Waals surface area (Å²) < 4.78 is 11.3. The van der Waals surface area contributed by atoms with Crippen LogP contribution in [-0.4, -0.2) is 25.7 Å². The van der Waals surface area contributed by atoms with Gasteiger partial charge in [0.05, 0.1) is 13.2 Å². The maximum Gasteiger partial charge on any atom is 0.193 e. The van der Waals surface area contributed by atoms with Crippen molar-refractivity contribution in [2.75, 3.05) is 25.1 Å². The number of hydrogen-bond donors (Lipinski definition) is 2. The first-order chi connectivity index (χ1) is 11.2. The van der Waals surface area contributed by atoms with E-state index in [-0.39, 0.29) is 0 Å². The normalized spacial score (nSPS) is 24.8. The van der Waals surface area contributed by atoms with Gasteiger partial charge in [-0.2, -0.15) is 0 Å². The number of benzene rings is 1. The number of nitrogens with one attached hydrogen (secondary N) is 1. The third kappa shape index (κ3) is 4.53. The Hall–Kier alpha value is -1.91. The first kappa shape index (κ1) is 16.0. The molecule has 1 aromatic rings. The number of nitrogens with two attached hydrogens (primary N) is 1. The fourth-order valence-electron chi connectivity index (χ4n) is 3.17. The minimum absolute atomic E-state index is 0.470. The summed E-state index contributed by atoms with van der Waals surface area (Å²) >= 11 is 0. The molecule has 1 aliphatic heterocycles. The van der Waals surface area contributed by atoms with Crippen molar-refractivity contribution in [1.82, 2.24) is 0 Å². The van der Waals surface area contributed by atoms with Crippen molar-refractivity contribution >= 4 is 11.6 Å². The van der Waals surface area contributed by atoms with E-state index in [1.54, 1.807) is 0 Å². The Morgan fingerprint density at radius 2 is 1.91 bits per heavy atom. The summed E-state index contributed by atoms with van der Waals surface area (Å²) in [5.74, 6) is 3.57. The van der Waals surface area contributed by atoms with Gasteiger partial charge in [0.2, 0.25) is 0 Å². The summed E-state index contributed by atoms with van der Waals surface area (Å²) in [6, 6.07) is 5.78. The van der Waals surface area contributed by atoms with Crippen LogP contribution >= 0.6 is 0 Å². The van der Waals surface area contributed by atoms with Crippen LogP contribution in [0.5, 0.6) is 11.5 Å². The van der Waals surface area contributed by atoms with Crippen LogP contribution in [0.1, 0.15) is 39.0 Å². The quantitative estimate of drug-likeness (QED) is 0.662. The third-order valence-corrected chi connectivity index (χ3v) is 4.68. The van der Waals surface area contributed by atoms with Gasteiger partial charge in [0.15, 0.2) is 17.5 Å². The van der Waals surface area contributed by atoms with Crippen LogP contribution in [0.25, 0.3) is 0 Å². The molecule has 1 heterocycles. The molecule has 3 N–H and O–H groups in total. The Bertz CT molecular complexity index is 551. The van der Waals surface area contributed by atoms with E-state index in [2.05, 4.69) is 17.2 Å². The molecule has 0 unspecified atom stereocenters. The first-order valence-corrected chi connectivity index (χ1v) is 8.67. The van der Waals surface area contributed by atoms with Gasteiger partial charge >= 0.3 is 0 Å². The number of anilines is 1. The van der Waals surface area contributed by atoms with Crippen LogP contribution in [0, 0.1) is 11.8 Å². The van der Waals surface area contributed by atoms with Gasteiger partial charge in [-0.3, -0.25) is 4.99 Å². The summed E-state index contributed by atoms with van der Waals surface area (Å²) in [5, 5.41) is 3.15. The Labute approximate surface area is 138 Å². The maximum atomic E-state index is 6.02. The summed E-state index contributed by atoms with van der Waals surface area (Å²) in [5.41, 5.74) is 6.91. The van der Waals surface area contributed by atoms with Crippen molar-refractivity contribution in [2.24, 2.45) is 22.6 Å². The number of rotatable bonds is 3. The van der Waals surface area contributed by atoms with Gasteiger partial charge in [-0.15, -0.1) is 0 Å². The van der Waals surface area contributed by atoms with Crippen LogP contribution in [-0.2, 0) is 0 Å². The van der Waals surface area contributed by atoms with Crippen LogP contribution in [0.2, 0.25) is 0 Å². The molecule has 0 radical (unpaired) electrons.